The van der Waals surface area contributed by atoms with Crippen molar-refractivity contribution >= 4 is 18.8 Å². The van der Waals surface area contributed by atoms with Crippen LogP contribution in [0.2, 0.25) is 12.1 Å². The van der Waals surface area contributed by atoms with Crippen LogP contribution in [0.3, 0.4) is 0 Å². The molecule has 0 aromatic carbocycles. The fraction of sp³-hybridized carbons (Fsp3) is 0.368. The molecule has 0 saturated carbocycles. The maximum absolute atomic E-state index is 12.2. The normalized spacial score (nSPS) is 20.8. The van der Waals surface area contributed by atoms with Crippen LogP contribution in [0.15, 0.2) is 59.8 Å². The van der Waals surface area contributed by atoms with Crippen LogP contribution in [0, 0.1) is 0 Å². The van der Waals surface area contributed by atoms with E-state index in [1.54, 1.807) is 37.3 Å². The fourth-order valence-electron chi connectivity index (χ4n) is 1.83. The zero-order valence-electron chi connectivity index (χ0n) is 14.5. The summed E-state index contributed by atoms with van der Waals surface area (Å²) in [4.78, 5) is 24.4. The van der Waals surface area contributed by atoms with Crippen LogP contribution in [0.4, 0.5) is 0 Å². The topological polar surface area (TPSA) is 34.1 Å². The van der Waals surface area contributed by atoms with Gasteiger partial charge in [0.05, 0.1) is 0 Å². The van der Waals surface area contributed by atoms with Crippen LogP contribution in [0.1, 0.15) is 34.6 Å². The zero-order valence-corrected chi connectivity index (χ0v) is 14.5. The van der Waals surface area contributed by atoms with Gasteiger partial charge in [0.25, 0.3) is 0 Å². The van der Waals surface area contributed by atoms with E-state index in [-0.39, 0.29) is 5.31 Å². The molecule has 1 aliphatic carbocycles. The second-order valence-corrected chi connectivity index (χ2v) is 4.87. The third-order valence-electron chi connectivity index (χ3n) is 3.36. The molecule has 0 saturated heterocycles. The van der Waals surface area contributed by atoms with Gasteiger partial charge in [-0.15, -0.1) is 0 Å². The van der Waals surface area contributed by atoms with Gasteiger partial charge in [-0.1, -0.05) is 76.2 Å². The molecule has 0 spiro atoms. The van der Waals surface area contributed by atoms with Gasteiger partial charge in [-0.2, -0.15) is 0 Å². The molecular formula is C19H26BO2. The molecule has 2 nitrogen and oxygen atoms in total. The molecule has 0 aromatic heterocycles. The van der Waals surface area contributed by atoms with Crippen molar-refractivity contribution in [1.29, 1.82) is 0 Å². The maximum atomic E-state index is 12.2. The Morgan fingerprint density at radius 3 is 2.32 bits per heavy atom. The van der Waals surface area contributed by atoms with Gasteiger partial charge in [0.1, 0.15) is 7.28 Å². The molecule has 1 atom stereocenters. The molecule has 0 heterocycles. The number of carbonyl (C=O) groups is 2. The minimum atomic E-state index is -0.475. The smallest absolute Gasteiger partial charge is 0.233 e. The van der Waals surface area contributed by atoms with Crippen LogP contribution in [0.5, 0.6) is 0 Å². The highest BCUT2D eigenvalue weighted by Gasteiger charge is 2.22. The minimum absolute atomic E-state index is 0.186. The van der Waals surface area contributed by atoms with Crippen molar-refractivity contribution in [2.75, 3.05) is 0 Å². The van der Waals surface area contributed by atoms with E-state index < -0.39 is 11.6 Å². The molecule has 0 fully saturated rings. The third kappa shape index (κ3) is 5.47. The summed E-state index contributed by atoms with van der Waals surface area (Å²) >= 11 is 0. The Labute approximate surface area is 135 Å². The van der Waals surface area contributed by atoms with Crippen LogP contribution in [0.25, 0.3) is 0 Å². The Bertz CT molecular complexity index is 548. The molecule has 1 unspecified atom stereocenters. The largest absolute Gasteiger partial charge is 0.285 e. The standard InChI is InChI=1S/C17H20BO2.C2H6/c1-5-8-13(6-2)15(19)16(20)14-9-7-11-17(3,18-4)12-10-14;1-2/h5-12H,1-4H3;1-2H3/b8-5-,13-6+;. The van der Waals surface area contributed by atoms with Gasteiger partial charge in [0.2, 0.25) is 11.6 Å². The highest BCUT2D eigenvalue weighted by molar-refractivity contribution is 6.50. The number of ketones is 2. The van der Waals surface area contributed by atoms with E-state index in [1.807, 2.05) is 60.0 Å². The van der Waals surface area contributed by atoms with Crippen LogP contribution < -0.4 is 0 Å². The molecule has 22 heavy (non-hydrogen) atoms. The van der Waals surface area contributed by atoms with Gasteiger partial charge in [-0.05, 0) is 19.2 Å². The lowest BCUT2D eigenvalue weighted by Gasteiger charge is -2.17. The van der Waals surface area contributed by atoms with Crippen molar-refractivity contribution in [3.05, 3.63) is 59.8 Å². The fourth-order valence-corrected chi connectivity index (χ4v) is 1.83. The summed E-state index contributed by atoms with van der Waals surface area (Å²) in [6.07, 6.45) is 14.2. The Kier molecular flexibility index (Phi) is 9.08. The van der Waals surface area contributed by atoms with Crippen LogP contribution in [-0.4, -0.2) is 18.8 Å². The van der Waals surface area contributed by atoms with Crippen LogP contribution >= 0.6 is 0 Å². The molecule has 1 radical (unpaired) electrons. The Balaban J connectivity index is 0.00000211. The van der Waals surface area contributed by atoms with E-state index in [1.165, 1.54) is 0 Å². The molecule has 0 amide bonds. The Morgan fingerprint density at radius 2 is 1.82 bits per heavy atom. The summed E-state index contributed by atoms with van der Waals surface area (Å²) in [7, 11) is 2.04. The predicted octanol–water partition coefficient (Wildman–Crippen LogP) is 4.66. The molecule has 0 aliphatic heterocycles. The van der Waals surface area contributed by atoms with Gasteiger partial charge in [-0.3, -0.25) is 9.59 Å². The second-order valence-electron chi connectivity index (χ2n) is 4.87. The number of hydrogen-bond donors (Lipinski definition) is 0. The summed E-state index contributed by atoms with van der Waals surface area (Å²) in [5.41, 5.74) is 0.838. The van der Waals surface area contributed by atoms with Crippen LogP contribution in [-0.2, 0) is 9.59 Å². The summed E-state index contributed by atoms with van der Waals surface area (Å²) in [5.74, 6) is -0.948. The van der Waals surface area contributed by atoms with Crippen molar-refractivity contribution in [3.63, 3.8) is 0 Å². The van der Waals surface area contributed by atoms with Crippen molar-refractivity contribution in [2.24, 2.45) is 0 Å². The van der Waals surface area contributed by atoms with E-state index in [9.17, 15) is 9.59 Å². The summed E-state index contributed by atoms with van der Waals surface area (Å²) in [6.45, 7) is 11.6. The van der Waals surface area contributed by atoms with E-state index in [2.05, 4.69) is 0 Å². The Morgan fingerprint density at radius 1 is 1.18 bits per heavy atom. The third-order valence-corrected chi connectivity index (χ3v) is 3.36. The molecule has 1 aliphatic rings. The lowest BCUT2D eigenvalue weighted by molar-refractivity contribution is -0.131. The zero-order chi connectivity index (χ0) is 17.2. The van der Waals surface area contributed by atoms with E-state index in [4.69, 9.17) is 0 Å². The highest BCUT2D eigenvalue weighted by Crippen LogP contribution is 2.30. The summed E-state index contributed by atoms with van der Waals surface area (Å²) in [6, 6.07) is 0. The molecule has 3 heteroatoms. The summed E-state index contributed by atoms with van der Waals surface area (Å²) in [5, 5.41) is -0.186. The first-order valence-corrected chi connectivity index (χ1v) is 7.74. The van der Waals surface area contributed by atoms with E-state index >= 15 is 0 Å². The van der Waals surface area contributed by atoms with Gasteiger partial charge in [0.15, 0.2) is 0 Å². The first-order chi connectivity index (χ1) is 10.5. The monoisotopic (exact) mass is 297 g/mol. The van der Waals surface area contributed by atoms with Gasteiger partial charge < -0.3 is 0 Å². The Hall–Kier alpha value is -1.90. The number of allylic oxidation sites excluding steroid dienone is 10. The van der Waals surface area contributed by atoms with Crippen molar-refractivity contribution in [1.82, 2.24) is 0 Å². The van der Waals surface area contributed by atoms with Crippen molar-refractivity contribution in [3.8, 4) is 0 Å². The SMILES string of the molecule is CC.C[B]C1(C)C=CC=C(C(=O)C(=O)C(/C=C\C)=C/C)C=C1. The average molecular weight is 297 g/mol. The van der Waals surface area contributed by atoms with Gasteiger partial charge in [0, 0.05) is 11.1 Å². The molecule has 117 valence electrons. The maximum Gasteiger partial charge on any atom is 0.233 e. The lowest BCUT2D eigenvalue weighted by atomic mass is 9.55. The number of rotatable bonds is 5. The predicted molar refractivity (Wildman–Crippen MR) is 96.3 cm³/mol. The molecule has 0 aromatic rings. The quantitative estimate of drug-likeness (QED) is 0.320. The van der Waals surface area contributed by atoms with E-state index in [0.717, 1.165) is 0 Å². The summed E-state index contributed by atoms with van der Waals surface area (Å²) < 4.78 is 0. The average Bonchev–Trinajstić information content (AvgIpc) is 2.75. The van der Waals surface area contributed by atoms with Crippen molar-refractivity contribution in [2.45, 2.75) is 46.8 Å². The van der Waals surface area contributed by atoms with Crippen molar-refractivity contribution < 1.29 is 9.59 Å². The molecule has 0 N–H and O–H groups in total. The van der Waals surface area contributed by atoms with Gasteiger partial charge in [-0.25, -0.2) is 0 Å². The second kappa shape index (κ2) is 9.94. The highest BCUT2D eigenvalue weighted by atomic mass is 16.2. The van der Waals surface area contributed by atoms with E-state index in [0.29, 0.717) is 11.1 Å². The van der Waals surface area contributed by atoms with Gasteiger partial charge >= 0.3 is 0 Å². The molecule has 1 rings (SSSR count). The molecular weight excluding hydrogens is 271 g/mol. The number of Topliss-reactive ketones (excluding diaryl/α,β-unsaturated/α-hetero) is 2. The first kappa shape index (κ1) is 20.1. The number of carbonyl (C=O) groups excluding carboxylic acids is 2. The number of hydrogen-bond acceptors (Lipinski definition) is 2. The minimum Gasteiger partial charge on any atom is -0.285 e. The first-order valence-electron chi connectivity index (χ1n) is 7.74. The lowest BCUT2D eigenvalue weighted by Crippen LogP contribution is -2.17. The molecule has 0 bridgehead atoms.